The number of nitrogens with one attached hydrogen (secondary N) is 1. The highest BCUT2D eigenvalue weighted by atomic mass is 15.3. The zero-order chi connectivity index (χ0) is 11.4. The maximum Gasteiger partial charge on any atom is 0.132 e. The van der Waals surface area contributed by atoms with Crippen LogP contribution in [0.2, 0.25) is 0 Å². The Balaban J connectivity index is 2.20. The van der Waals surface area contributed by atoms with E-state index in [1.54, 1.807) is 6.33 Å². The zero-order valence-corrected chi connectivity index (χ0v) is 10.1. The Kier molecular flexibility index (Phi) is 3.72. The van der Waals surface area contributed by atoms with Crippen LogP contribution in [0.5, 0.6) is 0 Å². The van der Waals surface area contributed by atoms with E-state index in [1.807, 2.05) is 0 Å². The molecular formula is C12H20N4. The van der Waals surface area contributed by atoms with Gasteiger partial charge in [-0.05, 0) is 12.8 Å². The predicted octanol–water partition coefficient (Wildman–Crippen LogP) is 1.23. The van der Waals surface area contributed by atoms with Gasteiger partial charge in [-0.3, -0.25) is 0 Å². The van der Waals surface area contributed by atoms with Gasteiger partial charge in [0.1, 0.15) is 12.1 Å². The minimum absolute atomic E-state index is 0.563. The molecule has 1 aromatic heterocycles. The number of aryl methyl sites for hydroxylation is 1. The van der Waals surface area contributed by atoms with Crippen molar-refractivity contribution in [3.63, 3.8) is 0 Å². The minimum atomic E-state index is 0.563. The smallest absolute Gasteiger partial charge is 0.132 e. The van der Waals surface area contributed by atoms with Crippen molar-refractivity contribution >= 4 is 5.82 Å². The van der Waals surface area contributed by atoms with Crippen LogP contribution in [0, 0.1) is 0 Å². The second-order valence-corrected chi connectivity index (χ2v) is 4.18. The molecule has 2 heterocycles. The van der Waals surface area contributed by atoms with E-state index in [9.17, 15) is 0 Å². The number of anilines is 1. The first kappa shape index (κ1) is 11.3. The third-order valence-electron chi connectivity index (χ3n) is 3.19. The number of piperazine rings is 1. The summed E-state index contributed by atoms with van der Waals surface area (Å²) in [5.41, 5.74) is 1.12. The van der Waals surface area contributed by atoms with Gasteiger partial charge >= 0.3 is 0 Å². The molecule has 1 fully saturated rings. The summed E-state index contributed by atoms with van der Waals surface area (Å²) in [5, 5.41) is 3.43. The molecule has 1 aliphatic heterocycles. The molecule has 1 aliphatic rings. The van der Waals surface area contributed by atoms with Crippen molar-refractivity contribution in [2.24, 2.45) is 0 Å². The topological polar surface area (TPSA) is 41.0 Å². The SMILES string of the molecule is CCc1cc(N2CCNCC2CC)ncn1. The fourth-order valence-corrected chi connectivity index (χ4v) is 2.16. The summed E-state index contributed by atoms with van der Waals surface area (Å²) in [6.07, 6.45) is 3.81. The van der Waals surface area contributed by atoms with Crippen molar-refractivity contribution in [3.05, 3.63) is 18.1 Å². The first-order valence-electron chi connectivity index (χ1n) is 6.13. The Morgan fingerprint density at radius 2 is 2.31 bits per heavy atom. The van der Waals surface area contributed by atoms with Crippen LogP contribution in [0.1, 0.15) is 26.0 Å². The van der Waals surface area contributed by atoms with Crippen LogP contribution < -0.4 is 10.2 Å². The second kappa shape index (κ2) is 5.25. The number of rotatable bonds is 3. The van der Waals surface area contributed by atoms with Gasteiger partial charge in [0.2, 0.25) is 0 Å². The lowest BCUT2D eigenvalue weighted by molar-refractivity contribution is 0.462. The molecule has 2 rings (SSSR count). The molecule has 0 aromatic carbocycles. The van der Waals surface area contributed by atoms with E-state index in [0.717, 1.165) is 44.0 Å². The molecule has 0 radical (unpaired) electrons. The highest BCUT2D eigenvalue weighted by molar-refractivity contribution is 5.41. The van der Waals surface area contributed by atoms with E-state index < -0.39 is 0 Å². The normalized spacial score (nSPS) is 21.1. The lowest BCUT2D eigenvalue weighted by atomic mass is 10.1. The van der Waals surface area contributed by atoms with Crippen molar-refractivity contribution < 1.29 is 0 Å². The molecular weight excluding hydrogens is 200 g/mol. The molecule has 1 N–H and O–H groups in total. The number of aromatic nitrogens is 2. The van der Waals surface area contributed by atoms with Gasteiger partial charge in [-0.1, -0.05) is 13.8 Å². The minimum Gasteiger partial charge on any atom is -0.351 e. The van der Waals surface area contributed by atoms with Gasteiger partial charge in [0, 0.05) is 37.4 Å². The van der Waals surface area contributed by atoms with Gasteiger partial charge < -0.3 is 10.2 Å². The summed E-state index contributed by atoms with van der Waals surface area (Å²) in [5.74, 6) is 1.08. The lowest BCUT2D eigenvalue weighted by Crippen LogP contribution is -2.51. The number of hydrogen-bond donors (Lipinski definition) is 1. The van der Waals surface area contributed by atoms with Crippen LogP contribution in [0.3, 0.4) is 0 Å². The Hall–Kier alpha value is -1.16. The highest BCUT2D eigenvalue weighted by Gasteiger charge is 2.21. The van der Waals surface area contributed by atoms with Crippen LogP contribution in [0.4, 0.5) is 5.82 Å². The largest absolute Gasteiger partial charge is 0.351 e. The Bertz CT molecular complexity index is 340. The average Bonchev–Trinajstić information content (AvgIpc) is 2.38. The Morgan fingerprint density at radius 3 is 3.06 bits per heavy atom. The van der Waals surface area contributed by atoms with Crippen molar-refractivity contribution in [1.29, 1.82) is 0 Å². The fourth-order valence-electron chi connectivity index (χ4n) is 2.16. The van der Waals surface area contributed by atoms with Gasteiger partial charge in [-0.15, -0.1) is 0 Å². The van der Waals surface area contributed by atoms with Gasteiger partial charge in [-0.25, -0.2) is 9.97 Å². The van der Waals surface area contributed by atoms with E-state index in [-0.39, 0.29) is 0 Å². The summed E-state index contributed by atoms with van der Waals surface area (Å²) < 4.78 is 0. The van der Waals surface area contributed by atoms with Gasteiger partial charge in [0.25, 0.3) is 0 Å². The van der Waals surface area contributed by atoms with Crippen LogP contribution in [-0.4, -0.2) is 35.6 Å². The molecule has 0 amide bonds. The average molecular weight is 220 g/mol. The van der Waals surface area contributed by atoms with Crippen LogP contribution in [0.25, 0.3) is 0 Å². The zero-order valence-electron chi connectivity index (χ0n) is 10.1. The van der Waals surface area contributed by atoms with Crippen LogP contribution >= 0.6 is 0 Å². The third kappa shape index (κ3) is 2.32. The van der Waals surface area contributed by atoms with Gasteiger partial charge in [0.15, 0.2) is 0 Å². The summed E-state index contributed by atoms with van der Waals surface area (Å²) >= 11 is 0. The molecule has 0 saturated carbocycles. The molecule has 0 bridgehead atoms. The molecule has 0 spiro atoms. The lowest BCUT2D eigenvalue weighted by Gasteiger charge is -2.36. The van der Waals surface area contributed by atoms with Crippen molar-refractivity contribution in [2.75, 3.05) is 24.5 Å². The molecule has 1 saturated heterocycles. The maximum absolute atomic E-state index is 4.40. The highest BCUT2D eigenvalue weighted by Crippen LogP contribution is 2.17. The monoisotopic (exact) mass is 220 g/mol. The van der Waals surface area contributed by atoms with Crippen LogP contribution in [-0.2, 0) is 6.42 Å². The van der Waals surface area contributed by atoms with E-state index in [0.29, 0.717) is 6.04 Å². The van der Waals surface area contributed by atoms with E-state index in [4.69, 9.17) is 0 Å². The first-order valence-corrected chi connectivity index (χ1v) is 6.13. The van der Waals surface area contributed by atoms with E-state index in [2.05, 4.69) is 40.1 Å². The summed E-state index contributed by atoms with van der Waals surface area (Å²) in [6, 6.07) is 2.68. The summed E-state index contributed by atoms with van der Waals surface area (Å²) in [4.78, 5) is 11.0. The fraction of sp³-hybridized carbons (Fsp3) is 0.667. The standard InChI is InChI=1S/C12H20N4/c1-3-10-7-12(15-9-14-10)16-6-5-13-8-11(16)4-2/h7,9,11,13H,3-6,8H2,1-2H3. The van der Waals surface area contributed by atoms with Crippen molar-refractivity contribution in [2.45, 2.75) is 32.7 Å². The van der Waals surface area contributed by atoms with E-state index >= 15 is 0 Å². The van der Waals surface area contributed by atoms with Crippen LogP contribution in [0.15, 0.2) is 12.4 Å². The third-order valence-corrected chi connectivity index (χ3v) is 3.19. The predicted molar refractivity (Wildman–Crippen MR) is 65.7 cm³/mol. The first-order chi connectivity index (χ1) is 7.85. The maximum atomic E-state index is 4.40. The molecule has 1 aromatic rings. The molecule has 16 heavy (non-hydrogen) atoms. The van der Waals surface area contributed by atoms with E-state index in [1.165, 1.54) is 0 Å². The van der Waals surface area contributed by atoms with Gasteiger partial charge in [0.05, 0.1) is 0 Å². The number of hydrogen-bond acceptors (Lipinski definition) is 4. The molecule has 4 heteroatoms. The Labute approximate surface area is 97.1 Å². The second-order valence-electron chi connectivity index (χ2n) is 4.18. The molecule has 1 atom stereocenters. The molecule has 1 unspecified atom stereocenters. The summed E-state index contributed by atoms with van der Waals surface area (Å²) in [6.45, 7) is 7.50. The molecule has 88 valence electrons. The molecule has 0 aliphatic carbocycles. The molecule has 4 nitrogen and oxygen atoms in total. The summed E-state index contributed by atoms with van der Waals surface area (Å²) in [7, 11) is 0. The van der Waals surface area contributed by atoms with Crippen molar-refractivity contribution in [3.8, 4) is 0 Å². The van der Waals surface area contributed by atoms with Crippen molar-refractivity contribution in [1.82, 2.24) is 15.3 Å². The quantitative estimate of drug-likeness (QED) is 0.832. The van der Waals surface area contributed by atoms with Gasteiger partial charge in [-0.2, -0.15) is 0 Å². The number of nitrogens with zero attached hydrogens (tertiary/aromatic N) is 3. The Morgan fingerprint density at radius 1 is 1.44 bits per heavy atom.